The molecule has 0 spiro atoms. The molecule has 0 aromatic heterocycles. The third kappa shape index (κ3) is 7.33. The van der Waals surface area contributed by atoms with Gasteiger partial charge in [0.05, 0.1) is 12.0 Å². The zero-order valence-corrected chi connectivity index (χ0v) is 20.7. The molecule has 0 aliphatic rings. The van der Waals surface area contributed by atoms with Gasteiger partial charge in [-0.1, -0.05) is 11.6 Å². The molecule has 0 saturated heterocycles. The molecule has 36 heavy (non-hydrogen) atoms. The van der Waals surface area contributed by atoms with Crippen LogP contribution in [0.15, 0.2) is 66.7 Å². The fraction of sp³-hybridized carbons (Fsp3) is 0.250. The van der Waals surface area contributed by atoms with Gasteiger partial charge in [0.1, 0.15) is 17.2 Å². The lowest BCUT2D eigenvalue weighted by molar-refractivity contribution is -0.153. The Hall–Kier alpha value is -3.84. The van der Waals surface area contributed by atoms with Crippen LogP contribution in [0.1, 0.15) is 53.0 Å². The van der Waals surface area contributed by atoms with Crippen LogP contribution in [0.25, 0.3) is 0 Å². The maximum Gasteiger partial charge on any atom is 0.311 e. The number of rotatable bonds is 11. The molecule has 3 aromatic carbocycles. The Morgan fingerprint density at radius 3 is 1.97 bits per heavy atom. The van der Waals surface area contributed by atoms with Gasteiger partial charge in [0.25, 0.3) is 0 Å². The fourth-order valence-electron chi connectivity index (χ4n) is 3.44. The number of carbonyl (C=O) groups excluding carboxylic acids is 3. The Morgan fingerprint density at radius 2 is 1.39 bits per heavy atom. The highest BCUT2D eigenvalue weighted by Crippen LogP contribution is 2.26. The summed E-state index contributed by atoms with van der Waals surface area (Å²) in [6, 6.07) is 17.0. The predicted octanol–water partition coefficient (Wildman–Crippen LogP) is 5.59. The molecule has 0 aliphatic heterocycles. The lowest BCUT2D eigenvalue weighted by Crippen LogP contribution is -2.29. The second kappa shape index (κ2) is 11.7. The highest BCUT2D eigenvalue weighted by Gasteiger charge is 2.29. The summed E-state index contributed by atoms with van der Waals surface area (Å²) in [7, 11) is 0. The van der Waals surface area contributed by atoms with Gasteiger partial charge in [-0.25, -0.2) is 0 Å². The Labute approximate surface area is 214 Å². The van der Waals surface area contributed by atoms with Gasteiger partial charge in [-0.3, -0.25) is 14.4 Å². The maximum absolute atomic E-state index is 12.5. The number of hydrogen-bond donors (Lipinski definition) is 2. The molecule has 2 N–H and O–H groups in total. The van der Waals surface area contributed by atoms with Gasteiger partial charge in [0.15, 0.2) is 12.4 Å². The van der Waals surface area contributed by atoms with Crippen molar-refractivity contribution in [2.45, 2.75) is 26.7 Å². The third-order valence-corrected chi connectivity index (χ3v) is 5.80. The lowest BCUT2D eigenvalue weighted by atomic mass is 9.88. The Morgan fingerprint density at radius 1 is 0.833 bits per heavy atom. The van der Waals surface area contributed by atoms with Crippen LogP contribution in [-0.4, -0.2) is 41.0 Å². The number of Topliss-reactive ketones (excluding diaryl/α,β-unsaturated/α-hetero) is 1. The SMILES string of the molecule is CC(C)(CCCOc1ccc(C(=O)c2ccc(Cl)cc2)cc1)C(=O)OCC(=O)c1cc(O)cc(O)c1. The summed E-state index contributed by atoms with van der Waals surface area (Å²) in [5.41, 5.74) is 0.278. The normalized spacial score (nSPS) is 11.1. The number of benzene rings is 3. The van der Waals surface area contributed by atoms with Crippen LogP contribution in [0.4, 0.5) is 0 Å². The molecule has 188 valence electrons. The first kappa shape index (κ1) is 26.8. The molecule has 3 aromatic rings. The van der Waals surface area contributed by atoms with E-state index < -0.39 is 23.8 Å². The van der Waals surface area contributed by atoms with E-state index in [4.69, 9.17) is 21.1 Å². The molecule has 7 nitrogen and oxygen atoms in total. The van der Waals surface area contributed by atoms with Gasteiger partial charge in [0.2, 0.25) is 5.78 Å². The maximum atomic E-state index is 12.5. The van der Waals surface area contributed by atoms with E-state index in [2.05, 4.69) is 0 Å². The predicted molar refractivity (Wildman–Crippen MR) is 135 cm³/mol. The van der Waals surface area contributed by atoms with Crippen LogP contribution in [-0.2, 0) is 9.53 Å². The number of esters is 1. The van der Waals surface area contributed by atoms with Crippen molar-refractivity contribution in [3.63, 3.8) is 0 Å². The van der Waals surface area contributed by atoms with E-state index in [-0.39, 0.29) is 22.8 Å². The molecule has 0 atom stereocenters. The molecular formula is C28H27ClO7. The minimum Gasteiger partial charge on any atom is -0.508 e. The average Bonchev–Trinajstić information content (AvgIpc) is 2.84. The van der Waals surface area contributed by atoms with Crippen LogP contribution < -0.4 is 4.74 Å². The average molecular weight is 511 g/mol. The molecule has 0 amide bonds. The highest BCUT2D eigenvalue weighted by molar-refractivity contribution is 6.30. The molecule has 0 bridgehead atoms. The molecule has 0 heterocycles. The first-order chi connectivity index (χ1) is 17.0. The van der Waals surface area contributed by atoms with Crippen molar-refractivity contribution < 1.29 is 34.1 Å². The van der Waals surface area contributed by atoms with Crippen molar-refractivity contribution in [3.8, 4) is 17.2 Å². The Kier molecular flexibility index (Phi) is 8.72. The van der Waals surface area contributed by atoms with Crippen LogP contribution in [0.2, 0.25) is 5.02 Å². The van der Waals surface area contributed by atoms with Crippen molar-refractivity contribution >= 4 is 29.1 Å². The molecule has 8 heteroatoms. The van der Waals surface area contributed by atoms with Crippen molar-refractivity contribution in [2.75, 3.05) is 13.2 Å². The van der Waals surface area contributed by atoms with Gasteiger partial charge >= 0.3 is 5.97 Å². The van der Waals surface area contributed by atoms with Crippen molar-refractivity contribution in [1.29, 1.82) is 0 Å². The minimum absolute atomic E-state index is 0.0485. The number of halogens is 1. The van der Waals surface area contributed by atoms with E-state index in [1.54, 1.807) is 62.4 Å². The summed E-state index contributed by atoms with van der Waals surface area (Å²) in [5.74, 6) is -1.10. The molecule has 0 radical (unpaired) electrons. The van der Waals surface area contributed by atoms with Crippen LogP contribution in [0.3, 0.4) is 0 Å². The third-order valence-electron chi connectivity index (χ3n) is 5.55. The van der Waals surface area contributed by atoms with Crippen molar-refractivity contribution in [3.05, 3.63) is 88.4 Å². The van der Waals surface area contributed by atoms with E-state index in [1.165, 1.54) is 12.1 Å². The second-order valence-corrected chi connectivity index (χ2v) is 9.37. The number of phenolic OH excluding ortho intramolecular Hbond substituents is 2. The van der Waals surface area contributed by atoms with E-state index in [9.17, 15) is 24.6 Å². The molecule has 3 rings (SSSR count). The lowest BCUT2D eigenvalue weighted by Gasteiger charge is -2.22. The second-order valence-electron chi connectivity index (χ2n) is 8.93. The number of aromatic hydroxyl groups is 2. The summed E-state index contributed by atoms with van der Waals surface area (Å²) >= 11 is 5.87. The highest BCUT2D eigenvalue weighted by atomic mass is 35.5. The first-order valence-corrected chi connectivity index (χ1v) is 11.7. The molecule has 0 unspecified atom stereocenters. The minimum atomic E-state index is -0.848. The van der Waals surface area contributed by atoms with E-state index >= 15 is 0 Å². The Bertz CT molecular complexity index is 1210. The summed E-state index contributed by atoms with van der Waals surface area (Å²) in [4.78, 5) is 37.2. The summed E-state index contributed by atoms with van der Waals surface area (Å²) in [6.07, 6.45) is 1.02. The monoisotopic (exact) mass is 510 g/mol. The number of ether oxygens (including phenoxy) is 2. The topological polar surface area (TPSA) is 110 Å². The summed E-state index contributed by atoms with van der Waals surface area (Å²) in [5, 5.41) is 19.6. The first-order valence-electron chi connectivity index (χ1n) is 11.3. The number of carbonyl (C=O) groups is 3. The van der Waals surface area contributed by atoms with Gasteiger partial charge in [0, 0.05) is 27.8 Å². The van der Waals surface area contributed by atoms with Crippen LogP contribution in [0, 0.1) is 5.41 Å². The molecule has 0 fully saturated rings. The van der Waals surface area contributed by atoms with E-state index in [1.807, 2.05) is 0 Å². The molecule has 0 aliphatic carbocycles. The van der Waals surface area contributed by atoms with E-state index in [0.29, 0.717) is 41.3 Å². The van der Waals surface area contributed by atoms with Gasteiger partial charge in [-0.2, -0.15) is 0 Å². The smallest absolute Gasteiger partial charge is 0.311 e. The number of phenols is 2. The largest absolute Gasteiger partial charge is 0.508 e. The van der Waals surface area contributed by atoms with Crippen molar-refractivity contribution in [1.82, 2.24) is 0 Å². The summed E-state index contributed by atoms with van der Waals surface area (Å²) < 4.78 is 10.9. The summed E-state index contributed by atoms with van der Waals surface area (Å²) in [6.45, 7) is 3.29. The molecular weight excluding hydrogens is 484 g/mol. The quantitative estimate of drug-likeness (QED) is 0.196. The van der Waals surface area contributed by atoms with Crippen LogP contribution in [0.5, 0.6) is 17.2 Å². The number of ketones is 2. The van der Waals surface area contributed by atoms with Crippen LogP contribution >= 0.6 is 11.6 Å². The van der Waals surface area contributed by atoms with Gasteiger partial charge < -0.3 is 19.7 Å². The Balaban J connectivity index is 1.43. The standard InChI is InChI=1S/C28H27ClO7/c1-28(2,27(34)36-17-25(32)20-14-22(30)16-23(31)15-20)12-3-13-35-24-10-6-19(7-11-24)26(33)18-4-8-21(29)9-5-18/h4-11,14-16,30-31H,3,12-13,17H2,1-2H3. The fourth-order valence-corrected chi connectivity index (χ4v) is 3.57. The zero-order chi connectivity index (χ0) is 26.3. The zero-order valence-electron chi connectivity index (χ0n) is 20.0. The molecule has 0 saturated carbocycles. The van der Waals surface area contributed by atoms with Gasteiger partial charge in [-0.15, -0.1) is 0 Å². The van der Waals surface area contributed by atoms with E-state index in [0.717, 1.165) is 6.07 Å². The van der Waals surface area contributed by atoms with Crippen molar-refractivity contribution in [2.24, 2.45) is 5.41 Å². The van der Waals surface area contributed by atoms with Gasteiger partial charge in [-0.05, 0) is 87.4 Å². The number of hydrogen-bond acceptors (Lipinski definition) is 7.